The van der Waals surface area contributed by atoms with Gasteiger partial charge in [0.1, 0.15) is 20.2 Å². The molecule has 0 atom stereocenters. The van der Waals surface area contributed by atoms with E-state index >= 15 is 0 Å². The maximum absolute atomic E-state index is 13.0. The van der Waals surface area contributed by atoms with Gasteiger partial charge in [0.05, 0.1) is 7.11 Å². The number of carbonyl (C=O) groups is 2. The Labute approximate surface area is 172 Å². The van der Waals surface area contributed by atoms with Crippen molar-refractivity contribution in [2.24, 2.45) is 5.92 Å². The number of hydrogen-bond acceptors (Lipinski definition) is 4. The summed E-state index contributed by atoms with van der Waals surface area (Å²) >= 11 is 0. The normalized spacial score (nSPS) is 14.3. The highest BCUT2D eigenvalue weighted by Gasteiger charge is 2.30. The smallest absolute Gasteiger partial charge is 0.410 e. The van der Waals surface area contributed by atoms with Crippen molar-refractivity contribution in [3.8, 4) is 5.75 Å². The number of benzene rings is 2. The van der Waals surface area contributed by atoms with Crippen molar-refractivity contribution in [1.82, 2.24) is 4.90 Å². The van der Waals surface area contributed by atoms with Gasteiger partial charge in [0.2, 0.25) is 5.91 Å². The van der Waals surface area contributed by atoms with Crippen molar-refractivity contribution in [2.75, 3.05) is 31.5 Å². The fourth-order valence-corrected chi connectivity index (χ4v) is 3.57. The number of nitrogens with zero attached hydrogens (tertiary/aromatic N) is 2. The van der Waals surface area contributed by atoms with Crippen molar-refractivity contribution in [2.45, 2.75) is 19.4 Å². The summed E-state index contributed by atoms with van der Waals surface area (Å²) in [5, 5.41) is 0. The molecule has 0 bridgehead atoms. The maximum atomic E-state index is 13.0. The first-order valence-corrected chi connectivity index (χ1v) is 10.0. The van der Waals surface area contributed by atoms with E-state index in [1.807, 2.05) is 62.4 Å². The number of carbonyl (C=O) groups excluding carboxylic acids is 2. The van der Waals surface area contributed by atoms with E-state index < -0.39 is 0 Å². The van der Waals surface area contributed by atoms with E-state index in [4.69, 9.17) is 9.47 Å². The SMILES string of the molecule is BCN(C(=O)C1CCN(C(=O)OCc2ccccc2)CC1)c1ccc(OC)cc1. The Kier molecular flexibility index (Phi) is 7.17. The Bertz CT molecular complexity index is 805. The average molecular weight is 394 g/mol. The molecule has 2 aromatic rings. The second kappa shape index (κ2) is 10.0. The number of hydrogen-bond donors (Lipinski definition) is 0. The van der Waals surface area contributed by atoms with E-state index in [1.165, 1.54) is 0 Å². The minimum Gasteiger partial charge on any atom is -0.497 e. The molecule has 1 fully saturated rings. The fraction of sp³-hybridized carbons (Fsp3) is 0.364. The lowest BCUT2D eigenvalue weighted by atomic mass is 9.94. The van der Waals surface area contributed by atoms with E-state index in [1.54, 1.807) is 16.9 Å². The van der Waals surface area contributed by atoms with Crippen molar-refractivity contribution in [3.05, 3.63) is 60.2 Å². The Morgan fingerprint density at radius 1 is 1.07 bits per heavy atom. The second-order valence-corrected chi connectivity index (χ2v) is 7.08. The van der Waals surface area contributed by atoms with Crippen molar-refractivity contribution >= 4 is 25.5 Å². The third kappa shape index (κ3) is 5.31. The number of ether oxygens (including phenoxy) is 2. The first-order chi connectivity index (χ1) is 14.1. The van der Waals surface area contributed by atoms with Gasteiger partial charge in [-0.25, -0.2) is 4.79 Å². The highest BCUT2D eigenvalue weighted by molar-refractivity contribution is 6.14. The van der Waals surface area contributed by atoms with E-state index in [0.29, 0.717) is 32.4 Å². The monoisotopic (exact) mass is 394 g/mol. The van der Waals surface area contributed by atoms with Crippen LogP contribution in [0.3, 0.4) is 0 Å². The van der Waals surface area contributed by atoms with Crippen molar-refractivity contribution in [3.63, 3.8) is 0 Å². The second-order valence-electron chi connectivity index (χ2n) is 7.08. The highest BCUT2D eigenvalue weighted by Crippen LogP contribution is 2.25. The van der Waals surface area contributed by atoms with E-state index in [9.17, 15) is 9.59 Å². The molecule has 0 radical (unpaired) electrons. The molecule has 1 heterocycles. The lowest BCUT2D eigenvalue weighted by Gasteiger charge is -2.33. The first kappa shape index (κ1) is 20.8. The van der Waals surface area contributed by atoms with Crippen LogP contribution in [0.25, 0.3) is 0 Å². The Morgan fingerprint density at radius 2 is 1.72 bits per heavy atom. The summed E-state index contributed by atoms with van der Waals surface area (Å²) in [5.74, 6) is 0.782. The third-order valence-electron chi connectivity index (χ3n) is 5.27. The van der Waals surface area contributed by atoms with Crippen LogP contribution in [0.15, 0.2) is 54.6 Å². The first-order valence-electron chi connectivity index (χ1n) is 10.0. The van der Waals surface area contributed by atoms with Gasteiger partial charge in [-0.3, -0.25) is 4.79 Å². The standard InChI is InChI=1S/C22H27BN2O4/c1-28-20-9-7-19(8-10-20)25(16-23)21(26)18-11-13-24(14-12-18)22(27)29-15-17-5-3-2-4-6-17/h2-10,18H,11-16,23H2,1H3. The van der Waals surface area contributed by atoms with Crippen LogP contribution in [0.2, 0.25) is 0 Å². The van der Waals surface area contributed by atoms with E-state index in [-0.39, 0.29) is 24.5 Å². The molecule has 0 aliphatic carbocycles. The summed E-state index contributed by atoms with van der Waals surface area (Å²) in [7, 11) is 3.59. The van der Waals surface area contributed by atoms with Gasteiger partial charge < -0.3 is 19.3 Å². The quantitative estimate of drug-likeness (QED) is 0.707. The zero-order valence-corrected chi connectivity index (χ0v) is 17.0. The molecule has 2 aromatic carbocycles. The van der Waals surface area contributed by atoms with Crippen LogP contribution in [-0.4, -0.2) is 51.4 Å². The van der Waals surface area contributed by atoms with Gasteiger partial charge in [-0.2, -0.15) is 0 Å². The molecule has 1 aliphatic heterocycles. The third-order valence-corrected chi connectivity index (χ3v) is 5.27. The summed E-state index contributed by atoms with van der Waals surface area (Å²) in [6.45, 7) is 1.33. The Morgan fingerprint density at radius 3 is 2.31 bits per heavy atom. The van der Waals surface area contributed by atoms with Gasteiger partial charge >= 0.3 is 6.09 Å². The number of likely N-dealkylation sites (tertiary alicyclic amines) is 1. The zero-order valence-electron chi connectivity index (χ0n) is 17.0. The van der Waals surface area contributed by atoms with Crippen LogP contribution in [-0.2, 0) is 16.1 Å². The van der Waals surface area contributed by atoms with Gasteiger partial charge in [0, 0.05) is 24.7 Å². The predicted molar refractivity (Wildman–Crippen MR) is 115 cm³/mol. The van der Waals surface area contributed by atoms with Crippen LogP contribution in [0, 0.1) is 5.92 Å². The van der Waals surface area contributed by atoms with Gasteiger partial charge in [-0.15, -0.1) is 0 Å². The Balaban J connectivity index is 1.51. The molecule has 7 heteroatoms. The minimum atomic E-state index is -0.317. The van der Waals surface area contributed by atoms with Crippen molar-refractivity contribution in [1.29, 1.82) is 0 Å². The molecule has 0 N–H and O–H groups in total. The minimum absolute atomic E-state index is 0.0878. The molecule has 0 spiro atoms. The van der Waals surface area contributed by atoms with Gasteiger partial charge in [-0.05, 0) is 49.1 Å². The number of methoxy groups -OCH3 is 1. The average Bonchev–Trinajstić information content (AvgIpc) is 2.79. The summed E-state index contributed by atoms with van der Waals surface area (Å²) < 4.78 is 10.6. The molecule has 29 heavy (non-hydrogen) atoms. The lowest BCUT2D eigenvalue weighted by Crippen LogP contribution is -2.45. The summed E-state index contributed by atoms with van der Waals surface area (Å²) in [6, 6.07) is 17.1. The highest BCUT2D eigenvalue weighted by atomic mass is 16.6. The maximum Gasteiger partial charge on any atom is 0.410 e. The fourth-order valence-electron chi connectivity index (χ4n) is 3.57. The molecule has 152 valence electrons. The molecular weight excluding hydrogens is 367 g/mol. The predicted octanol–water partition coefficient (Wildman–Crippen LogP) is 2.67. The molecular formula is C22H27BN2O4. The molecule has 0 aromatic heterocycles. The molecule has 0 saturated carbocycles. The van der Waals surface area contributed by atoms with Crippen LogP contribution in [0.4, 0.5) is 10.5 Å². The van der Waals surface area contributed by atoms with Crippen LogP contribution in [0.5, 0.6) is 5.75 Å². The molecule has 2 amide bonds. The largest absolute Gasteiger partial charge is 0.497 e. The summed E-state index contributed by atoms with van der Waals surface area (Å²) in [4.78, 5) is 28.8. The van der Waals surface area contributed by atoms with Crippen LogP contribution >= 0.6 is 0 Å². The van der Waals surface area contributed by atoms with Crippen LogP contribution in [0.1, 0.15) is 18.4 Å². The number of rotatable bonds is 6. The summed E-state index contributed by atoms with van der Waals surface area (Å²) in [5.41, 5.74) is 1.83. The topological polar surface area (TPSA) is 59.1 Å². The van der Waals surface area contributed by atoms with Gasteiger partial charge in [-0.1, -0.05) is 30.3 Å². The number of piperidine rings is 1. The van der Waals surface area contributed by atoms with E-state index in [0.717, 1.165) is 17.0 Å². The lowest BCUT2D eigenvalue weighted by molar-refractivity contribution is -0.123. The van der Waals surface area contributed by atoms with E-state index in [2.05, 4.69) is 0 Å². The summed E-state index contributed by atoms with van der Waals surface area (Å²) in [6.07, 6.45) is 1.57. The van der Waals surface area contributed by atoms with Crippen LogP contribution < -0.4 is 9.64 Å². The number of anilines is 1. The molecule has 6 nitrogen and oxygen atoms in total. The Hall–Kier alpha value is -2.96. The molecule has 0 unspecified atom stereocenters. The molecule has 1 saturated heterocycles. The zero-order chi connectivity index (χ0) is 20.6. The van der Waals surface area contributed by atoms with Gasteiger partial charge in [0.25, 0.3) is 0 Å². The van der Waals surface area contributed by atoms with Crippen molar-refractivity contribution < 1.29 is 19.1 Å². The number of amides is 2. The van der Waals surface area contributed by atoms with Gasteiger partial charge in [0.15, 0.2) is 0 Å². The molecule has 1 aliphatic rings. The molecule has 3 rings (SSSR count).